The van der Waals surface area contributed by atoms with Crippen molar-refractivity contribution in [3.05, 3.63) is 58.9 Å². The average molecular weight is 418 g/mol. The van der Waals surface area contributed by atoms with Crippen LogP contribution in [0.5, 0.6) is 0 Å². The molecule has 0 unspecified atom stereocenters. The fraction of sp³-hybridized carbons (Fsp3) is 0.417. The lowest BCUT2D eigenvalue weighted by molar-refractivity contribution is 0.0224. The number of carbonyl (C=O) groups is 2. The van der Waals surface area contributed by atoms with Crippen molar-refractivity contribution in [2.75, 3.05) is 11.9 Å². The van der Waals surface area contributed by atoms with Crippen molar-refractivity contribution >= 4 is 17.7 Å². The second-order valence-electron chi connectivity index (χ2n) is 9.25. The van der Waals surface area contributed by atoms with E-state index in [0.29, 0.717) is 24.3 Å². The Labute approximate surface area is 182 Å². The molecule has 2 aliphatic rings. The molecule has 31 heavy (non-hydrogen) atoms. The molecule has 2 amide bonds. The summed E-state index contributed by atoms with van der Waals surface area (Å²) >= 11 is 0. The molecule has 1 fully saturated rings. The number of nitriles is 1. The minimum atomic E-state index is -0.549. The Morgan fingerprint density at radius 2 is 1.97 bits per heavy atom. The molecule has 0 atom stereocenters. The minimum absolute atomic E-state index is 0.252. The maximum absolute atomic E-state index is 12.8. The molecule has 0 bridgehead atoms. The van der Waals surface area contributed by atoms with Crippen molar-refractivity contribution < 1.29 is 14.3 Å². The van der Waals surface area contributed by atoms with Crippen LogP contribution in [0.15, 0.2) is 36.7 Å². The van der Waals surface area contributed by atoms with E-state index >= 15 is 0 Å². The number of ether oxygens (including phenoxy) is 1. The van der Waals surface area contributed by atoms with Crippen molar-refractivity contribution in [3.63, 3.8) is 0 Å². The zero-order valence-electron chi connectivity index (χ0n) is 18.1. The van der Waals surface area contributed by atoms with Crippen molar-refractivity contribution in [1.29, 1.82) is 5.26 Å². The minimum Gasteiger partial charge on any atom is -0.444 e. The Balaban J connectivity index is 1.48. The first kappa shape index (κ1) is 20.9. The van der Waals surface area contributed by atoms with E-state index in [2.05, 4.69) is 16.4 Å². The predicted molar refractivity (Wildman–Crippen MR) is 116 cm³/mol. The summed E-state index contributed by atoms with van der Waals surface area (Å²) in [4.78, 5) is 31.1. The van der Waals surface area contributed by atoms with E-state index in [1.54, 1.807) is 23.4 Å². The highest BCUT2D eigenvalue weighted by atomic mass is 16.6. The largest absolute Gasteiger partial charge is 0.444 e. The van der Waals surface area contributed by atoms with E-state index in [4.69, 9.17) is 4.74 Å². The molecule has 160 valence electrons. The third kappa shape index (κ3) is 4.53. The molecule has 0 saturated heterocycles. The van der Waals surface area contributed by atoms with Gasteiger partial charge in [-0.15, -0.1) is 0 Å². The first-order valence-electron chi connectivity index (χ1n) is 10.5. The summed E-state index contributed by atoms with van der Waals surface area (Å²) in [6.07, 6.45) is 5.29. The smallest absolute Gasteiger partial charge is 0.410 e. The number of aromatic nitrogens is 1. The SMILES string of the molecule is CC(C)(C)OC(=O)N1CCc2ccc(C(=O)Nc3cncc(C4(C#N)CC4)c3)cc2C1. The van der Waals surface area contributed by atoms with Gasteiger partial charge in [0.2, 0.25) is 0 Å². The van der Waals surface area contributed by atoms with Crippen LogP contribution in [0.2, 0.25) is 0 Å². The van der Waals surface area contributed by atoms with Crippen molar-refractivity contribution in [2.24, 2.45) is 0 Å². The second kappa shape index (κ2) is 7.69. The zero-order valence-corrected chi connectivity index (χ0v) is 18.1. The lowest BCUT2D eigenvalue weighted by atomic mass is 9.97. The van der Waals surface area contributed by atoms with Crippen LogP contribution in [0.1, 0.15) is 60.7 Å². The number of fused-ring (bicyclic) bond motifs is 1. The molecule has 0 spiro atoms. The molecule has 1 aromatic heterocycles. The van der Waals surface area contributed by atoms with Gasteiger partial charge < -0.3 is 15.0 Å². The number of pyridine rings is 1. The molecule has 4 rings (SSSR count). The Morgan fingerprint density at radius 1 is 1.19 bits per heavy atom. The number of benzene rings is 1. The van der Waals surface area contributed by atoms with Gasteiger partial charge in [-0.1, -0.05) is 6.07 Å². The number of hydrogen-bond acceptors (Lipinski definition) is 5. The Morgan fingerprint density at radius 3 is 2.65 bits per heavy atom. The van der Waals surface area contributed by atoms with Gasteiger partial charge in [0.05, 0.1) is 23.4 Å². The van der Waals surface area contributed by atoms with Crippen LogP contribution in [0.3, 0.4) is 0 Å². The molecule has 1 N–H and O–H groups in total. The van der Waals surface area contributed by atoms with Gasteiger partial charge in [-0.3, -0.25) is 9.78 Å². The normalized spacial score (nSPS) is 16.6. The van der Waals surface area contributed by atoms with Crippen molar-refractivity contribution in [3.8, 4) is 6.07 Å². The number of rotatable bonds is 3. The van der Waals surface area contributed by atoms with Gasteiger partial charge in [-0.05, 0) is 74.9 Å². The Hall–Kier alpha value is -3.40. The Bertz CT molecular complexity index is 1080. The van der Waals surface area contributed by atoms with Gasteiger partial charge in [-0.25, -0.2) is 4.79 Å². The monoisotopic (exact) mass is 418 g/mol. The fourth-order valence-electron chi connectivity index (χ4n) is 3.74. The number of anilines is 1. The first-order valence-corrected chi connectivity index (χ1v) is 10.5. The quantitative estimate of drug-likeness (QED) is 0.807. The number of carbonyl (C=O) groups excluding carboxylic acids is 2. The van der Waals surface area contributed by atoms with E-state index in [1.165, 1.54) is 0 Å². The predicted octanol–water partition coefficient (Wildman–Crippen LogP) is 4.18. The van der Waals surface area contributed by atoms with Gasteiger partial charge in [0.15, 0.2) is 0 Å². The van der Waals surface area contributed by atoms with Crippen LogP contribution in [-0.2, 0) is 23.1 Å². The summed E-state index contributed by atoms with van der Waals surface area (Å²) in [5.74, 6) is -0.252. The van der Waals surface area contributed by atoms with E-state index in [1.807, 2.05) is 39.0 Å². The molecular weight excluding hydrogens is 392 g/mol. The summed E-state index contributed by atoms with van der Waals surface area (Å²) in [6, 6.07) is 9.74. The fourth-order valence-corrected chi connectivity index (χ4v) is 3.74. The molecule has 7 nitrogen and oxygen atoms in total. The van der Waals surface area contributed by atoms with Gasteiger partial charge in [-0.2, -0.15) is 5.26 Å². The molecule has 1 saturated carbocycles. The van der Waals surface area contributed by atoms with Crippen LogP contribution in [0.25, 0.3) is 0 Å². The molecule has 1 aromatic carbocycles. The van der Waals surface area contributed by atoms with Crippen LogP contribution < -0.4 is 5.32 Å². The van der Waals surface area contributed by atoms with Crippen LogP contribution in [-0.4, -0.2) is 34.0 Å². The summed E-state index contributed by atoms with van der Waals surface area (Å²) in [6.45, 7) is 6.53. The standard InChI is InChI=1S/C24H26N4O3/c1-23(2,3)31-22(30)28-9-6-16-4-5-17(10-18(16)14-28)21(29)27-20-11-19(12-26-13-20)24(15-25)7-8-24/h4-5,10-13H,6-9,14H2,1-3H3,(H,27,29). The molecule has 2 aromatic rings. The molecule has 7 heteroatoms. The van der Waals surface area contributed by atoms with E-state index < -0.39 is 11.0 Å². The summed E-state index contributed by atoms with van der Waals surface area (Å²) in [5, 5.41) is 12.3. The number of nitrogens with one attached hydrogen (secondary N) is 1. The molecule has 1 aliphatic heterocycles. The maximum atomic E-state index is 12.8. The number of nitrogens with zero attached hydrogens (tertiary/aromatic N) is 3. The summed E-state index contributed by atoms with van der Waals surface area (Å²) < 4.78 is 5.48. The lowest BCUT2D eigenvalue weighted by Gasteiger charge is -2.31. The third-order valence-corrected chi connectivity index (χ3v) is 5.65. The lowest BCUT2D eigenvalue weighted by Crippen LogP contribution is -2.40. The highest BCUT2D eigenvalue weighted by Crippen LogP contribution is 2.47. The highest BCUT2D eigenvalue weighted by molar-refractivity contribution is 6.04. The van der Waals surface area contributed by atoms with Crippen molar-refractivity contribution in [2.45, 2.75) is 57.6 Å². The van der Waals surface area contributed by atoms with Gasteiger partial charge in [0.25, 0.3) is 5.91 Å². The summed E-state index contributed by atoms with van der Waals surface area (Å²) in [5.41, 5.74) is 2.99. The van der Waals surface area contributed by atoms with E-state index in [9.17, 15) is 14.9 Å². The van der Waals surface area contributed by atoms with E-state index in [-0.39, 0.29) is 12.0 Å². The van der Waals surface area contributed by atoms with Gasteiger partial charge in [0.1, 0.15) is 5.60 Å². The van der Waals surface area contributed by atoms with E-state index in [0.717, 1.165) is 36.0 Å². The Kier molecular flexibility index (Phi) is 5.18. The van der Waals surface area contributed by atoms with Gasteiger partial charge >= 0.3 is 6.09 Å². The number of hydrogen-bond donors (Lipinski definition) is 1. The van der Waals surface area contributed by atoms with Crippen LogP contribution in [0.4, 0.5) is 10.5 Å². The van der Waals surface area contributed by atoms with Crippen LogP contribution in [0, 0.1) is 11.3 Å². The highest BCUT2D eigenvalue weighted by Gasteiger charge is 2.45. The number of amides is 2. The van der Waals surface area contributed by atoms with Gasteiger partial charge in [0, 0.05) is 24.8 Å². The average Bonchev–Trinajstić information content (AvgIpc) is 3.53. The maximum Gasteiger partial charge on any atom is 0.410 e. The molecule has 2 heterocycles. The zero-order chi connectivity index (χ0) is 22.2. The second-order valence-corrected chi connectivity index (χ2v) is 9.25. The first-order chi connectivity index (χ1) is 14.7. The summed E-state index contributed by atoms with van der Waals surface area (Å²) in [7, 11) is 0. The topological polar surface area (TPSA) is 95.3 Å². The molecular formula is C24H26N4O3. The third-order valence-electron chi connectivity index (χ3n) is 5.65. The molecule has 1 aliphatic carbocycles. The van der Waals surface area contributed by atoms with Crippen molar-refractivity contribution in [1.82, 2.24) is 9.88 Å². The van der Waals surface area contributed by atoms with Crippen LogP contribution >= 0.6 is 0 Å². The molecule has 0 radical (unpaired) electrons.